The van der Waals surface area contributed by atoms with Crippen LogP contribution in [-0.2, 0) is 24.2 Å². The minimum atomic E-state index is -1.04. The molecule has 1 aliphatic rings. The van der Waals surface area contributed by atoms with Crippen molar-refractivity contribution in [1.82, 2.24) is 5.32 Å². The maximum Gasteiger partial charge on any atom is 0.341 e. The van der Waals surface area contributed by atoms with Crippen molar-refractivity contribution >= 4 is 34.4 Å². The zero-order valence-corrected chi connectivity index (χ0v) is 21.0. The molecule has 1 aromatic carbocycles. The Bertz CT molecular complexity index is 1220. The van der Waals surface area contributed by atoms with E-state index in [9.17, 15) is 9.59 Å². The van der Waals surface area contributed by atoms with Crippen molar-refractivity contribution in [2.45, 2.75) is 46.6 Å². The molecule has 1 atom stereocenters. The van der Waals surface area contributed by atoms with Crippen LogP contribution in [-0.4, -0.2) is 29.8 Å². The van der Waals surface area contributed by atoms with Gasteiger partial charge in [0.05, 0.1) is 18.4 Å². The Hall–Kier alpha value is -3.39. The lowest BCUT2D eigenvalue weighted by Crippen LogP contribution is -2.28. The first kappa shape index (κ1) is 24.7. The summed E-state index contributed by atoms with van der Waals surface area (Å²) in [6, 6.07) is 10.7. The summed E-state index contributed by atoms with van der Waals surface area (Å²) < 4.78 is 10.6. The third kappa shape index (κ3) is 6.19. The second-order valence-electron chi connectivity index (χ2n) is 9.76. The first-order chi connectivity index (χ1) is 16.7. The second-order valence-corrected chi connectivity index (χ2v) is 10.8. The number of amides is 1. The highest BCUT2D eigenvalue weighted by Crippen LogP contribution is 2.45. The molecule has 3 aromatic rings. The van der Waals surface area contributed by atoms with Crippen molar-refractivity contribution in [2.24, 2.45) is 16.3 Å². The number of nitrogens with one attached hydrogen (secondary N) is 1. The van der Waals surface area contributed by atoms with Gasteiger partial charge in [-0.2, -0.15) is 0 Å². The fraction of sp³-hybridized carbons (Fsp3) is 0.370. The Balaban J connectivity index is 1.61. The quantitative estimate of drug-likeness (QED) is 0.395. The van der Waals surface area contributed by atoms with Gasteiger partial charge in [-0.1, -0.05) is 32.9 Å². The van der Waals surface area contributed by atoms with Crippen LogP contribution in [0, 0.1) is 11.3 Å². The van der Waals surface area contributed by atoms with Crippen LogP contribution in [0.1, 0.15) is 59.3 Å². The number of rotatable bonds is 8. The molecule has 0 saturated heterocycles. The first-order valence-corrected chi connectivity index (χ1v) is 12.5. The molecule has 2 heterocycles. The van der Waals surface area contributed by atoms with Crippen LogP contribution in [0.5, 0.6) is 5.75 Å². The molecule has 184 valence electrons. The van der Waals surface area contributed by atoms with Gasteiger partial charge in [-0.15, -0.1) is 11.3 Å². The molecule has 0 unspecified atom stereocenters. The number of ether oxygens (including phenoxy) is 1. The zero-order chi connectivity index (χ0) is 25.0. The van der Waals surface area contributed by atoms with E-state index in [-0.39, 0.29) is 11.3 Å². The number of fused-ring (bicyclic) bond motifs is 1. The standard InChI is InChI=1S/C27H30N2O5S/c1-27(2,3)18-9-10-21-22(13-18)35-26(24(21)25(32)28-15-20-8-5-11-33-20)29-14-17-6-4-7-19(12-17)34-16-23(30)31/h4-8,11-12,14,18H,9-10,13,15-16H2,1-3H3,(H,28,32)(H,30,31)/t18-/m1/s1. The summed E-state index contributed by atoms with van der Waals surface area (Å²) in [4.78, 5) is 30.0. The smallest absolute Gasteiger partial charge is 0.341 e. The highest BCUT2D eigenvalue weighted by molar-refractivity contribution is 7.16. The van der Waals surface area contributed by atoms with Gasteiger partial charge in [0.2, 0.25) is 0 Å². The number of carboxylic acids is 1. The Labute approximate surface area is 208 Å². The summed E-state index contributed by atoms with van der Waals surface area (Å²) in [6.45, 7) is 6.71. The van der Waals surface area contributed by atoms with Crippen LogP contribution in [0.2, 0.25) is 0 Å². The van der Waals surface area contributed by atoms with Gasteiger partial charge < -0.3 is 19.6 Å². The maximum absolute atomic E-state index is 13.3. The summed E-state index contributed by atoms with van der Waals surface area (Å²) >= 11 is 1.58. The van der Waals surface area contributed by atoms with Crippen molar-refractivity contribution in [1.29, 1.82) is 0 Å². The van der Waals surface area contributed by atoms with Gasteiger partial charge in [0.15, 0.2) is 6.61 Å². The molecule has 0 bridgehead atoms. The molecule has 2 N–H and O–H groups in total. The highest BCUT2D eigenvalue weighted by atomic mass is 32.1. The van der Waals surface area contributed by atoms with Crippen molar-refractivity contribution in [3.05, 3.63) is 70.0 Å². The molecule has 7 nitrogen and oxygen atoms in total. The molecule has 4 rings (SSSR count). The normalized spacial score (nSPS) is 15.7. The number of carbonyl (C=O) groups is 2. The number of carbonyl (C=O) groups excluding carboxylic acids is 1. The summed E-state index contributed by atoms with van der Waals surface area (Å²) in [5.74, 6) is 0.503. The Morgan fingerprint density at radius 3 is 2.83 bits per heavy atom. The number of hydrogen-bond acceptors (Lipinski definition) is 6. The molecular weight excluding hydrogens is 464 g/mol. The van der Waals surface area contributed by atoms with Gasteiger partial charge in [0.25, 0.3) is 5.91 Å². The predicted octanol–water partition coefficient (Wildman–Crippen LogP) is 5.64. The minimum Gasteiger partial charge on any atom is -0.482 e. The van der Waals surface area contributed by atoms with Crippen molar-refractivity contribution in [3.63, 3.8) is 0 Å². The lowest BCUT2D eigenvalue weighted by Gasteiger charge is -2.33. The number of benzene rings is 1. The summed E-state index contributed by atoms with van der Waals surface area (Å²) in [7, 11) is 0. The third-order valence-corrected chi connectivity index (χ3v) is 7.42. The number of nitrogens with zero attached hydrogens (tertiary/aromatic N) is 1. The fourth-order valence-electron chi connectivity index (χ4n) is 4.27. The third-order valence-electron chi connectivity index (χ3n) is 6.25. The van der Waals surface area contributed by atoms with Crippen LogP contribution >= 0.6 is 11.3 Å². The zero-order valence-electron chi connectivity index (χ0n) is 20.2. The van der Waals surface area contributed by atoms with E-state index in [1.165, 1.54) is 4.88 Å². The largest absolute Gasteiger partial charge is 0.482 e. The molecule has 0 radical (unpaired) electrons. The fourth-order valence-corrected chi connectivity index (χ4v) is 5.54. The van der Waals surface area contributed by atoms with Crippen LogP contribution in [0.3, 0.4) is 0 Å². The van der Waals surface area contributed by atoms with Gasteiger partial charge in [0, 0.05) is 11.1 Å². The molecule has 1 amide bonds. The average Bonchev–Trinajstić information content (AvgIpc) is 3.46. The topological polar surface area (TPSA) is 101 Å². The highest BCUT2D eigenvalue weighted by Gasteiger charge is 2.33. The number of aliphatic carboxylic acids is 1. The molecule has 0 aliphatic heterocycles. The van der Waals surface area contributed by atoms with E-state index < -0.39 is 12.6 Å². The monoisotopic (exact) mass is 494 g/mol. The summed E-state index contributed by atoms with van der Waals surface area (Å²) in [5, 5.41) is 12.5. The van der Waals surface area contributed by atoms with E-state index in [2.05, 4.69) is 26.1 Å². The molecule has 0 spiro atoms. The molecular formula is C27H30N2O5S. The predicted molar refractivity (Wildman–Crippen MR) is 136 cm³/mol. The maximum atomic E-state index is 13.3. The second kappa shape index (κ2) is 10.5. The van der Waals surface area contributed by atoms with E-state index in [0.717, 1.165) is 30.4 Å². The van der Waals surface area contributed by atoms with Crippen LogP contribution in [0.25, 0.3) is 0 Å². The molecule has 0 saturated carbocycles. The van der Waals surface area contributed by atoms with Gasteiger partial charge >= 0.3 is 5.97 Å². The molecule has 0 fully saturated rings. The van der Waals surface area contributed by atoms with Crippen LogP contribution < -0.4 is 10.1 Å². The Kier molecular flexibility index (Phi) is 7.40. The molecule has 1 aliphatic carbocycles. The van der Waals surface area contributed by atoms with Crippen molar-refractivity contribution < 1.29 is 23.8 Å². The molecule has 2 aromatic heterocycles. The van der Waals surface area contributed by atoms with E-state index in [1.807, 2.05) is 12.1 Å². The van der Waals surface area contributed by atoms with E-state index >= 15 is 0 Å². The van der Waals surface area contributed by atoms with Gasteiger partial charge in [-0.05, 0) is 66.0 Å². The molecule has 8 heteroatoms. The SMILES string of the molecule is CC(C)(C)[C@@H]1CCc2c(sc(N=Cc3cccc(OCC(=O)O)c3)c2C(=O)NCc2ccco2)C1. The van der Waals surface area contributed by atoms with Gasteiger partial charge in [0.1, 0.15) is 16.5 Å². The van der Waals surface area contributed by atoms with E-state index in [1.54, 1.807) is 48.1 Å². The van der Waals surface area contributed by atoms with Crippen molar-refractivity contribution in [3.8, 4) is 5.75 Å². The van der Waals surface area contributed by atoms with Crippen LogP contribution in [0.4, 0.5) is 5.00 Å². The van der Waals surface area contributed by atoms with Crippen LogP contribution in [0.15, 0.2) is 52.1 Å². The molecule has 35 heavy (non-hydrogen) atoms. The summed E-state index contributed by atoms with van der Waals surface area (Å²) in [6.07, 6.45) is 6.11. The van der Waals surface area contributed by atoms with Gasteiger partial charge in [-0.25, -0.2) is 9.79 Å². The van der Waals surface area contributed by atoms with E-state index in [4.69, 9.17) is 19.3 Å². The van der Waals surface area contributed by atoms with E-state index in [0.29, 0.717) is 34.5 Å². The number of carboxylic acid groups (broad SMARTS) is 1. The lowest BCUT2D eigenvalue weighted by molar-refractivity contribution is -0.139. The number of thiophene rings is 1. The number of aliphatic imine (C=N–C) groups is 1. The van der Waals surface area contributed by atoms with Crippen molar-refractivity contribution in [2.75, 3.05) is 6.61 Å². The summed E-state index contributed by atoms with van der Waals surface area (Å²) in [5.41, 5.74) is 2.69. The lowest BCUT2D eigenvalue weighted by atomic mass is 9.72. The number of hydrogen-bond donors (Lipinski definition) is 2. The Morgan fingerprint density at radius 2 is 2.11 bits per heavy atom. The van der Waals surface area contributed by atoms with Gasteiger partial charge in [-0.3, -0.25) is 4.79 Å². The Morgan fingerprint density at radius 1 is 1.29 bits per heavy atom. The minimum absolute atomic E-state index is 0.154. The average molecular weight is 495 g/mol. The number of furan rings is 1. The first-order valence-electron chi connectivity index (χ1n) is 11.6.